The van der Waals surface area contributed by atoms with Crippen molar-refractivity contribution in [3.8, 4) is 5.69 Å². The number of carbonyl (C=O) groups is 1. The first-order valence-corrected chi connectivity index (χ1v) is 5.92. The SMILES string of the molecule is Cc1cncc(-n2nnc(C(=O)O)c2C(C)(C)C)c1. The summed E-state index contributed by atoms with van der Waals surface area (Å²) in [4.78, 5) is 15.4. The van der Waals surface area contributed by atoms with Crippen molar-refractivity contribution < 1.29 is 9.90 Å². The Morgan fingerprint density at radius 1 is 1.32 bits per heavy atom. The highest BCUT2D eigenvalue weighted by molar-refractivity contribution is 5.87. The second kappa shape index (κ2) is 4.46. The molecule has 2 aromatic rings. The summed E-state index contributed by atoms with van der Waals surface area (Å²) in [6.07, 6.45) is 3.37. The predicted molar refractivity (Wildman–Crippen MR) is 69.6 cm³/mol. The molecule has 0 saturated carbocycles. The fraction of sp³-hybridized carbons (Fsp3) is 0.385. The number of carboxylic acid groups (broad SMARTS) is 1. The van der Waals surface area contributed by atoms with Crippen LogP contribution < -0.4 is 0 Å². The maximum Gasteiger partial charge on any atom is 0.358 e. The first-order chi connectivity index (χ1) is 8.80. The highest BCUT2D eigenvalue weighted by atomic mass is 16.4. The second-order valence-corrected chi connectivity index (χ2v) is 5.47. The van der Waals surface area contributed by atoms with Crippen LogP contribution >= 0.6 is 0 Å². The van der Waals surface area contributed by atoms with Crippen LogP contribution in [0.1, 0.15) is 42.5 Å². The molecule has 2 heterocycles. The van der Waals surface area contributed by atoms with Crippen molar-refractivity contribution in [1.82, 2.24) is 20.0 Å². The summed E-state index contributed by atoms with van der Waals surface area (Å²) in [5.41, 5.74) is 1.84. The van der Waals surface area contributed by atoms with Crippen molar-refractivity contribution in [1.29, 1.82) is 0 Å². The van der Waals surface area contributed by atoms with Crippen LogP contribution in [0.3, 0.4) is 0 Å². The van der Waals surface area contributed by atoms with E-state index in [1.54, 1.807) is 17.1 Å². The molecular weight excluding hydrogens is 244 g/mol. The van der Waals surface area contributed by atoms with Gasteiger partial charge in [-0.2, -0.15) is 0 Å². The quantitative estimate of drug-likeness (QED) is 0.892. The lowest BCUT2D eigenvalue weighted by molar-refractivity contribution is 0.0687. The average Bonchev–Trinajstić information content (AvgIpc) is 2.73. The number of nitrogens with zero attached hydrogens (tertiary/aromatic N) is 4. The Hall–Kier alpha value is -2.24. The Morgan fingerprint density at radius 3 is 2.53 bits per heavy atom. The minimum Gasteiger partial charge on any atom is -0.476 e. The topological polar surface area (TPSA) is 80.9 Å². The number of carboxylic acids is 1. The van der Waals surface area contributed by atoms with Crippen LogP contribution in [0, 0.1) is 6.92 Å². The Morgan fingerprint density at radius 2 is 2.00 bits per heavy atom. The molecule has 0 saturated heterocycles. The molecule has 0 atom stereocenters. The highest BCUT2D eigenvalue weighted by Crippen LogP contribution is 2.27. The zero-order chi connectivity index (χ0) is 14.2. The molecule has 1 N–H and O–H groups in total. The summed E-state index contributed by atoms with van der Waals surface area (Å²) in [6, 6.07) is 1.89. The molecule has 0 radical (unpaired) electrons. The first kappa shape index (κ1) is 13.2. The number of hydrogen-bond acceptors (Lipinski definition) is 4. The van der Waals surface area contributed by atoms with Crippen molar-refractivity contribution >= 4 is 5.97 Å². The van der Waals surface area contributed by atoms with Crippen molar-refractivity contribution in [2.24, 2.45) is 0 Å². The third kappa shape index (κ3) is 2.47. The molecule has 6 heteroatoms. The fourth-order valence-electron chi connectivity index (χ4n) is 1.93. The number of aromatic nitrogens is 4. The summed E-state index contributed by atoms with van der Waals surface area (Å²) in [7, 11) is 0. The summed E-state index contributed by atoms with van der Waals surface area (Å²) >= 11 is 0. The van der Waals surface area contributed by atoms with Gasteiger partial charge in [0, 0.05) is 11.6 Å². The van der Waals surface area contributed by atoms with E-state index in [2.05, 4.69) is 15.3 Å². The molecule has 19 heavy (non-hydrogen) atoms. The van der Waals surface area contributed by atoms with Gasteiger partial charge in [0.1, 0.15) is 0 Å². The molecule has 6 nitrogen and oxygen atoms in total. The summed E-state index contributed by atoms with van der Waals surface area (Å²) in [5, 5.41) is 16.9. The van der Waals surface area contributed by atoms with Crippen LogP contribution in [0.25, 0.3) is 5.69 Å². The van der Waals surface area contributed by atoms with Crippen LogP contribution in [0.15, 0.2) is 18.5 Å². The van der Waals surface area contributed by atoms with Crippen LogP contribution in [-0.2, 0) is 5.41 Å². The standard InChI is InChI=1S/C13H16N4O2/c1-8-5-9(7-14-6-8)17-11(13(2,3)4)10(12(18)19)15-16-17/h5-7H,1-4H3,(H,18,19). The summed E-state index contributed by atoms with van der Waals surface area (Å²) in [5.74, 6) is -1.07. The van der Waals surface area contributed by atoms with Gasteiger partial charge in [-0.15, -0.1) is 5.10 Å². The molecule has 0 aliphatic carbocycles. The molecule has 2 aromatic heterocycles. The molecule has 0 fully saturated rings. The van der Waals surface area contributed by atoms with Crippen molar-refractivity contribution in [2.75, 3.05) is 0 Å². The van der Waals surface area contributed by atoms with E-state index in [0.29, 0.717) is 11.4 Å². The predicted octanol–water partition coefficient (Wildman–Crippen LogP) is 1.97. The van der Waals surface area contributed by atoms with Gasteiger partial charge in [-0.05, 0) is 18.6 Å². The lowest BCUT2D eigenvalue weighted by Crippen LogP contribution is -2.21. The largest absolute Gasteiger partial charge is 0.476 e. The second-order valence-electron chi connectivity index (χ2n) is 5.47. The van der Waals surface area contributed by atoms with Gasteiger partial charge in [-0.25, -0.2) is 9.48 Å². The van der Waals surface area contributed by atoms with Crippen LogP contribution in [0.2, 0.25) is 0 Å². The normalized spacial score (nSPS) is 11.6. The Balaban J connectivity index is 2.68. The Bertz CT molecular complexity index is 626. The zero-order valence-electron chi connectivity index (χ0n) is 11.4. The summed E-state index contributed by atoms with van der Waals surface area (Å²) < 4.78 is 1.55. The minimum absolute atomic E-state index is 0.0194. The van der Waals surface area contributed by atoms with E-state index in [0.717, 1.165) is 5.56 Å². The molecule has 0 spiro atoms. The molecule has 0 bridgehead atoms. The molecular formula is C13H16N4O2. The maximum atomic E-state index is 11.2. The van der Waals surface area contributed by atoms with Gasteiger partial charge < -0.3 is 5.11 Å². The van der Waals surface area contributed by atoms with Crippen molar-refractivity contribution in [3.63, 3.8) is 0 Å². The number of pyridine rings is 1. The molecule has 0 aliphatic heterocycles. The third-order valence-electron chi connectivity index (χ3n) is 2.69. The maximum absolute atomic E-state index is 11.2. The van der Waals surface area contributed by atoms with Gasteiger partial charge in [-0.1, -0.05) is 26.0 Å². The van der Waals surface area contributed by atoms with Crippen molar-refractivity contribution in [2.45, 2.75) is 33.1 Å². The molecule has 0 aromatic carbocycles. The van der Waals surface area contributed by atoms with Crippen LogP contribution in [0.4, 0.5) is 0 Å². The van der Waals surface area contributed by atoms with E-state index in [-0.39, 0.29) is 11.1 Å². The van der Waals surface area contributed by atoms with Crippen LogP contribution in [-0.4, -0.2) is 31.1 Å². The monoisotopic (exact) mass is 260 g/mol. The lowest BCUT2D eigenvalue weighted by atomic mass is 9.90. The third-order valence-corrected chi connectivity index (χ3v) is 2.69. The van der Waals surface area contributed by atoms with E-state index in [9.17, 15) is 9.90 Å². The van der Waals surface area contributed by atoms with E-state index < -0.39 is 5.97 Å². The zero-order valence-corrected chi connectivity index (χ0v) is 11.4. The molecule has 0 unspecified atom stereocenters. The van der Waals surface area contributed by atoms with E-state index >= 15 is 0 Å². The van der Waals surface area contributed by atoms with Gasteiger partial charge in [0.25, 0.3) is 0 Å². The van der Waals surface area contributed by atoms with E-state index in [1.807, 2.05) is 33.8 Å². The highest BCUT2D eigenvalue weighted by Gasteiger charge is 2.29. The number of aryl methyl sites for hydroxylation is 1. The van der Waals surface area contributed by atoms with Crippen LogP contribution in [0.5, 0.6) is 0 Å². The van der Waals surface area contributed by atoms with E-state index in [1.165, 1.54) is 0 Å². The lowest BCUT2D eigenvalue weighted by Gasteiger charge is -2.20. The van der Waals surface area contributed by atoms with E-state index in [4.69, 9.17) is 0 Å². The van der Waals surface area contributed by atoms with Gasteiger partial charge >= 0.3 is 5.97 Å². The number of rotatable bonds is 2. The number of aromatic carboxylic acids is 1. The van der Waals surface area contributed by atoms with Gasteiger partial charge in [0.2, 0.25) is 0 Å². The van der Waals surface area contributed by atoms with Gasteiger partial charge in [0.15, 0.2) is 5.69 Å². The Kier molecular flexibility index (Phi) is 3.09. The van der Waals surface area contributed by atoms with Gasteiger partial charge in [-0.3, -0.25) is 4.98 Å². The molecule has 100 valence electrons. The molecule has 0 aliphatic rings. The summed E-state index contributed by atoms with van der Waals surface area (Å²) in [6.45, 7) is 7.70. The smallest absolute Gasteiger partial charge is 0.358 e. The Labute approximate surface area is 111 Å². The van der Waals surface area contributed by atoms with Gasteiger partial charge in [0.05, 0.1) is 17.6 Å². The number of hydrogen-bond donors (Lipinski definition) is 1. The molecule has 0 amide bonds. The fourth-order valence-corrected chi connectivity index (χ4v) is 1.93. The average molecular weight is 260 g/mol. The molecule has 2 rings (SSSR count). The minimum atomic E-state index is -1.07. The first-order valence-electron chi connectivity index (χ1n) is 5.92. The van der Waals surface area contributed by atoms with Crippen molar-refractivity contribution in [3.05, 3.63) is 35.4 Å².